The number of halogens is 1. The first-order chi connectivity index (χ1) is 6.59. The average molecular weight is 211 g/mol. The molecule has 0 bridgehead atoms. The van der Waals surface area contributed by atoms with Crippen molar-refractivity contribution in [1.82, 2.24) is 0 Å². The van der Waals surface area contributed by atoms with Gasteiger partial charge in [0.1, 0.15) is 6.10 Å². The number of aliphatic hydroxyl groups excluding tert-OH is 1. The molecule has 3 nitrogen and oxygen atoms in total. The van der Waals surface area contributed by atoms with E-state index in [-0.39, 0.29) is 0 Å². The lowest BCUT2D eigenvalue weighted by Crippen LogP contribution is -1.95. The zero-order valence-electron chi connectivity index (χ0n) is 7.07. The first-order valence-corrected chi connectivity index (χ1v) is 4.15. The molecule has 0 heterocycles. The number of aliphatic hydroxyl groups is 1. The minimum absolute atomic E-state index is 0.471. The quantitative estimate of drug-likeness (QED) is 0.690. The lowest BCUT2D eigenvalue weighted by atomic mass is 10.1. The third-order valence-electron chi connectivity index (χ3n) is 1.48. The Labute approximate surface area is 85.9 Å². The highest BCUT2D eigenvalue weighted by Crippen LogP contribution is 2.16. The Morgan fingerprint density at radius 1 is 1.50 bits per heavy atom. The molecule has 72 valence electrons. The molecule has 0 aromatic heterocycles. The maximum absolute atomic E-state index is 10.1. The molecule has 1 aromatic carbocycles. The Morgan fingerprint density at radius 2 is 2.21 bits per heavy atom. The van der Waals surface area contributed by atoms with Gasteiger partial charge in [-0.05, 0) is 17.7 Å². The van der Waals surface area contributed by atoms with Gasteiger partial charge in [-0.15, -0.1) is 0 Å². The highest BCUT2D eigenvalue weighted by Gasteiger charge is 2.03. The van der Waals surface area contributed by atoms with Crippen LogP contribution in [-0.2, 0) is 4.79 Å². The van der Waals surface area contributed by atoms with E-state index in [2.05, 4.69) is 5.92 Å². The number of carbonyl (C=O) groups is 1. The second kappa shape index (κ2) is 4.66. The van der Waals surface area contributed by atoms with Crippen LogP contribution < -0.4 is 0 Å². The topological polar surface area (TPSA) is 57.5 Å². The Morgan fingerprint density at radius 3 is 2.79 bits per heavy atom. The lowest BCUT2D eigenvalue weighted by Gasteiger charge is -2.02. The van der Waals surface area contributed by atoms with Crippen molar-refractivity contribution in [1.29, 1.82) is 0 Å². The zero-order chi connectivity index (χ0) is 10.6. The van der Waals surface area contributed by atoms with E-state index < -0.39 is 12.1 Å². The zero-order valence-corrected chi connectivity index (χ0v) is 7.82. The van der Waals surface area contributed by atoms with Crippen LogP contribution >= 0.6 is 11.6 Å². The first-order valence-electron chi connectivity index (χ1n) is 3.77. The largest absolute Gasteiger partial charge is 0.472 e. The molecule has 0 aliphatic rings. The van der Waals surface area contributed by atoms with E-state index in [1.807, 2.05) is 5.92 Å². The summed E-state index contributed by atoms with van der Waals surface area (Å²) < 4.78 is 0. The van der Waals surface area contributed by atoms with Gasteiger partial charge in [-0.2, -0.15) is 0 Å². The maximum atomic E-state index is 10.1. The summed E-state index contributed by atoms with van der Waals surface area (Å²) in [6.07, 6.45) is -1.12. The van der Waals surface area contributed by atoms with Crippen LogP contribution in [0.4, 0.5) is 0 Å². The summed E-state index contributed by atoms with van der Waals surface area (Å²) in [4.78, 5) is 10.1. The average Bonchev–Trinajstić information content (AvgIpc) is 2.14. The minimum atomic E-state index is -1.27. The van der Waals surface area contributed by atoms with Crippen molar-refractivity contribution >= 4 is 17.6 Å². The van der Waals surface area contributed by atoms with Crippen LogP contribution in [0.5, 0.6) is 0 Å². The van der Waals surface area contributed by atoms with Crippen LogP contribution in [0.1, 0.15) is 11.7 Å². The van der Waals surface area contributed by atoms with E-state index in [1.165, 1.54) is 6.07 Å². The van der Waals surface area contributed by atoms with Crippen molar-refractivity contribution in [3.63, 3.8) is 0 Å². The van der Waals surface area contributed by atoms with E-state index >= 15 is 0 Å². The van der Waals surface area contributed by atoms with Crippen LogP contribution in [0, 0.1) is 11.8 Å². The summed E-state index contributed by atoms with van der Waals surface area (Å²) in [5, 5.41) is 18.1. The standard InChI is InChI=1S/C10H7ClO3/c11-8-3-1-2-7(6-8)9(12)4-5-10(13)14/h1-3,6,9,12H,(H,13,14). The van der Waals surface area contributed by atoms with Gasteiger partial charge in [0.15, 0.2) is 0 Å². The predicted molar refractivity (Wildman–Crippen MR) is 51.8 cm³/mol. The number of hydrogen-bond acceptors (Lipinski definition) is 2. The van der Waals surface area contributed by atoms with Crippen LogP contribution in [0.25, 0.3) is 0 Å². The molecule has 1 unspecified atom stereocenters. The van der Waals surface area contributed by atoms with Gasteiger partial charge >= 0.3 is 5.97 Å². The van der Waals surface area contributed by atoms with Gasteiger partial charge in [0.2, 0.25) is 0 Å². The van der Waals surface area contributed by atoms with E-state index in [1.54, 1.807) is 18.2 Å². The Kier molecular flexibility index (Phi) is 3.52. The molecule has 14 heavy (non-hydrogen) atoms. The van der Waals surface area contributed by atoms with E-state index in [0.29, 0.717) is 10.6 Å². The summed E-state index contributed by atoms with van der Waals surface area (Å²) in [5.74, 6) is 2.74. The molecule has 1 rings (SSSR count). The number of aliphatic carboxylic acids is 1. The Balaban J connectivity index is 2.86. The maximum Gasteiger partial charge on any atom is 0.382 e. The fraction of sp³-hybridized carbons (Fsp3) is 0.100. The number of benzene rings is 1. The van der Waals surface area contributed by atoms with Crippen molar-refractivity contribution in [2.45, 2.75) is 6.10 Å². The van der Waals surface area contributed by atoms with E-state index in [0.717, 1.165) is 0 Å². The molecule has 0 radical (unpaired) electrons. The highest BCUT2D eigenvalue weighted by molar-refractivity contribution is 6.30. The van der Waals surface area contributed by atoms with Crippen molar-refractivity contribution in [3.8, 4) is 11.8 Å². The monoisotopic (exact) mass is 210 g/mol. The molecular weight excluding hydrogens is 204 g/mol. The summed E-state index contributed by atoms with van der Waals surface area (Å²) >= 11 is 5.68. The second-order valence-electron chi connectivity index (χ2n) is 2.53. The van der Waals surface area contributed by atoms with Crippen molar-refractivity contribution in [2.24, 2.45) is 0 Å². The van der Waals surface area contributed by atoms with Crippen molar-refractivity contribution in [3.05, 3.63) is 34.9 Å². The second-order valence-corrected chi connectivity index (χ2v) is 2.97. The highest BCUT2D eigenvalue weighted by atomic mass is 35.5. The SMILES string of the molecule is O=C(O)C#CC(O)c1cccc(Cl)c1. The Hall–Kier alpha value is -1.50. The molecule has 0 saturated heterocycles. The molecule has 2 N–H and O–H groups in total. The van der Waals surface area contributed by atoms with Gasteiger partial charge in [-0.3, -0.25) is 0 Å². The Bertz CT molecular complexity index is 403. The van der Waals surface area contributed by atoms with E-state index in [4.69, 9.17) is 16.7 Å². The third-order valence-corrected chi connectivity index (χ3v) is 1.72. The fourth-order valence-electron chi connectivity index (χ4n) is 0.890. The summed E-state index contributed by atoms with van der Waals surface area (Å²) in [6.45, 7) is 0. The van der Waals surface area contributed by atoms with Gasteiger partial charge in [-0.1, -0.05) is 29.7 Å². The molecule has 0 saturated carbocycles. The number of carboxylic acid groups (broad SMARTS) is 1. The number of rotatable bonds is 1. The van der Waals surface area contributed by atoms with E-state index in [9.17, 15) is 9.90 Å². The molecule has 0 aliphatic heterocycles. The van der Waals surface area contributed by atoms with Crippen LogP contribution in [-0.4, -0.2) is 16.2 Å². The summed E-state index contributed by atoms with van der Waals surface area (Å²) in [5.41, 5.74) is 0.478. The molecule has 4 heteroatoms. The molecular formula is C10H7ClO3. The third kappa shape index (κ3) is 3.09. The van der Waals surface area contributed by atoms with Crippen molar-refractivity contribution in [2.75, 3.05) is 0 Å². The van der Waals surface area contributed by atoms with Gasteiger partial charge in [0, 0.05) is 10.9 Å². The fourth-order valence-corrected chi connectivity index (χ4v) is 1.09. The smallest absolute Gasteiger partial charge is 0.382 e. The summed E-state index contributed by atoms with van der Waals surface area (Å²) in [7, 11) is 0. The molecule has 0 amide bonds. The van der Waals surface area contributed by atoms with Gasteiger partial charge in [0.25, 0.3) is 0 Å². The van der Waals surface area contributed by atoms with Gasteiger partial charge in [-0.25, -0.2) is 4.79 Å². The first kappa shape index (κ1) is 10.6. The molecule has 0 spiro atoms. The van der Waals surface area contributed by atoms with Crippen LogP contribution in [0.15, 0.2) is 24.3 Å². The lowest BCUT2D eigenvalue weighted by molar-refractivity contribution is -0.130. The predicted octanol–water partition coefficient (Wildman–Crippen LogP) is 1.46. The molecule has 1 atom stereocenters. The number of hydrogen-bond donors (Lipinski definition) is 2. The molecule has 1 aromatic rings. The normalized spacial score (nSPS) is 11.3. The molecule has 0 fully saturated rings. The van der Waals surface area contributed by atoms with Gasteiger partial charge in [0.05, 0.1) is 0 Å². The van der Waals surface area contributed by atoms with Crippen LogP contribution in [0.3, 0.4) is 0 Å². The van der Waals surface area contributed by atoms with Gasteiger partial charge < -0.3 is 10.2 Å². The van der Waals surface area contributed by atoms with Crippen molar-refractivity contribution < 1.29 is 15.0 Å². The minimum Gasteiger partial charge on any atom is -0.472 e. The molecule has 0 aliphatic carbocycles. The summed E-state index contributed by atoms with van der Waals surface area (Å²) in [6, 6.07) is 6.46. The van der Waals surface area contributed by atoms with Crippen LogP contribution in [0.2, 0.25) is 5.02 Å². The number of carboxylic acids is 1.